The molecule has 0 saturated heterocycles. The summed E-state index contributed by atoms with van der Waals surface area (Å²) in [5.74, 6) is 2.46. The fourth-order valence-electron chi connectivity index (χ4n) is 1.40. The van der Waals surface area contributed by atoms with E-state index >= 15 is 0 Å². The molecule has 0 heterocycles. The highest BCUT2D eigenvalue weighted by atomic mass is 16.3. The van der Waals surface area contributed by atoms with E-state index in [0.29, 0.717) is 12.8 Å². The Balaban J connectivity index is 3.95. The minimum atomic E-state index is -0.900. The van der Waals surface area contributed by atoms with E-state index in [4.69, 9.17) is 6.42 Å². The summed E-state index contributed by atoms with van der Waals surface area (Å²) in [6.45, 7) is 6.22. The van der Waals surface area contributed by atoms with Gasteiger partial charge in [0.1, 0.15) is 5.60 Å². The lowest BCUT2D eigenvalue weighted by atomic mass is 9.95. The van der Waals surface area contributed by atoms with Gasteiger partial charge in [-0.3, -0.25) is 0 Å². The predicted molar refractivity (Wildman–Crippen MR) is 62.0 cm³/mol. The summed E-state index contributed by atoms with van der Waals surface area (Å²) in [6, 6.07) is 0. The van der Waals surface area contributed by atoms with E-state index in [0.717, 1.165) is 12.8 Å². The van der Waals surface area contributed by atoms with E-state index in [1.807, 2.05) is 6.92 Å². The van der Waals surface area contributed by atoms with Crippen LogP contribution in [0.3, 0.4) is 0 Å². The highest BCUT2D eigenvalue weighted by Crippen LogP contribution is 2.17. The van der Waals surface area contributed by atoms with E-state index in [2.05, 4.69) is 25.8 Å². The monoisotopic (exact) mass is 194 g/mol. The summed E-state index contributed by atoms with van der Waals surface area (Å²) in [4.78, 5) is 0. The van der Waals surface area contributed by atoms with Gasteiger partial charge in [-0.15, -0.1) is 6.42 Å². The van der Waals surface area contributed by atoms with Crippen LogP contribution in [0, 0.1) is 12.3 Å². The minimum absolute atomic E-state index is 0.629. The van der Waals surface area contributed by atoms with Crippen LogP contribution in [0.5, 0.6) is 0 Å². The normalized spacial score (nSPS) is 16.1. The molecule has 0 aliphatic carbocycles. The number of rotatable bonds is 6. The maximum absolute atomic E-state index is 9.81. The van der Waals surface area contributed by atoms with Gasteiger partial charge in [0.25, 0.3) is 0 Å². The molecule has 0 aromatic carbocycles. The van der Waals surface area contributed by atoms with Crippen LogP contribution in [0.2, 0.25) is 0 Å². The molecule has 0 bridgehead atoms. The van der Waals surface area contributed by atoms with Gasteiger partial charge in [0.2, 0.25) is 0 Å². The smallest absolute Gasteiger partial charge is 0.125 e. The second kappa shape index (κ2) is 6.68. The van der Waals surface area contributed by atoms with Gasteiger partial charge in [-0.2, -0.15) is 0 Å². The Morgan fingerprint density at radius 2 is 2.14 bits per heavy atom. The highest BCUT2D eigenvalue weighted by molar-refractivity contribution is 5.08. The largest absolute Gasteiger partial charge is 0.378 e. The second-order valence-corrected chi connectivity index (χ2v) is 3.87. The molecule has 0 aliphatic rings. The van der Waals surface area contributed by atoms with Crippen LogP contribution in [-0.2, 0) is 0 Å². The van der Waals surface area contributed by atoms with Crippen LogP contribution in [0.1, 0.15) is 52.9 Å². The maximum Gasteiger partial charge on any atom is 0.125 e. The van der Waals surface area contributed by atoms with Crippen LogP contribution >= 0.6 is 0 Å². The lowest BCUT2D eigenvalue weighted by Crippen LogP contribution is -2.24. The molecule has 1 unspecified atom stereocenters. The van der Waals surface area contributed by atoms with Gasteiger partial charge in [0.05, 0.1) is 0 Å². The van der Waals surface area contributed by atoms with Crippen molar-refractivity contribution in [1.29, 1.82) is 0 Å². The number of allylic oxidation sites excluding steroid dienone is 2. The lowest BCUT2D eigenvalue weighted by Gasteiger charge is -2.18. The third-order valence-electron chi connectivity index (χ3n) is 2.55. The molecule has 80 valence electrons. The molecule has 0 saturated carbocycles. The first-order valence-corrected chi connectivity index (χ1v) is 5.43. The molecule has 1 heteroatoms. The Morgan fingerprint density at radius 1 is 1.50 bits per heavy atom. The Kier molecular flexibility index (Phi) is 6.32. The van der Waals surface area contributed by atoms with E-state index in [1.54, 1.807) is 0 Å². The van der Waals surface area contributed by atoms with Crippen molar-refractivity contribution in [3.63, 3.8) is 0 Å². The molecule has 0 spiro atoms. The van der Waals surface area contributed by atoms with Crippen molar-refractivity contribution < 1.29 is 5.11 Å². The summed E-state index contributed by atoms with van der Waals surface area (Å²) < 4.78 is 0. The van der Waals surface area contributed by atoms with Crippen molar-refractivity contribution >= 4 is 0 Å². The van der Waals surface area contributed by atoms with Crippen molar-refractivity contribution in [2.75, 3.05) is 0 Å². The SMILES string of the molecule is C#CC(O)(CC)CCC=C(C)CCC. The summed E-state index contributed by atoms with van der Waals surface area (Å²) in [5, 5.41) is 9.81. The predicted octanol–water partition coefficient (Wildman–Crippen LogP) is 3.29. The van der Waals surface area contributed by atoms with E-state index in [-0.39, 0.29) is 0 Å². The first-order valence-electron chi connectivity index (χ1n) is 5.43. The van der Waals surface area contributed by atoms with Gasteiger partial charge < -0.3 is 5.11 Å². The molecular formula is C13H22O. The zero-order valence-electron chi connectivity index (χ0n) is 9.64. The summed E-state index contributed by atoms with van der Waals surface area (Å²) >= 11 is 0. The Bertz CT molecular complexity index is 222. The van der Waals surface area contributed by atoms with Gasteiger partial charge in [-0.05, 0) is 32.6 Å². The van der Waals surface area contributed by atoms with Crippen LogP contribution in [0.4, 0.5) is 0 Å². The molecule has 1 atom stereocenters. The van der Waals surface area contributed by atoms with Gasteiger partial charge in [0.15, 0.2) is 0 Å². The van der Waals surface area contributed by atoms with Crippen molar-refractivity contribution in [3.8, 4) is 12.3 Å². The number of terminal acetylenes is 1. The standard InChI is InChI=1S/C13H22O/c1-5-9-12(4)10-8-11-13(14,6-2)7-3/h2,10,14H,5,7-9,11H2,1,3-4H3. The van der Waals surface area contributed by atoms with Crippen molar-refractivity contribution in [2.24, 2.45) is 0 Å². The summed E-state index contributed by atoms with van der Waals surface area (Å²) in [7, 11) is 0. The molecule has 0 rings (SSSR count). The third kappa shape index (κ3) is 5.09. The summed E-state index contributed by atoms with van der Waals surface area (Å²) in [6.07, 6.45) is 11.9. The minimum Gasteiger partial charge on any atom is -0.378 e. The molecule has 1 N–H and O–H groups in total. The molecule has 0 amide bonds. The number of aliphatic hydroxyl groups is 1. The van der Waals surface area contributed by atoms with Gasteiger partial charge in [-0.25, -0.2) is 0 Å². The Labute approximate surface area is 88.2 Å². The average molecular weight is 194 g/mol. The van der Waals surface area contributed by atoms with E-state index in [1.165, 1.54) is 12.0 Å². The van der Waals surface area contributed by atoms with Crippen molar-refractivity contribution in [3.05, 3.63) is 11.6 Å². The fourth-order valence-corrected chi connectivity index (χ4v) is 1.40. The zero-order chi connectivity index (χ0) is 11.0. The molecule has 0 aromatic rings. The Morgan fingerprint density at radius 3 is 2.57 bits per heavy atom. The molecule has 1 nitrogen and oxygen atoms in total. The number of hydrogen-bond acceptors (Lipinski definition) is 1. The Hall–Kier alpha value is -0.740. The molecule has 0 aromatic heterocycles. The zero-order valence-corrected chi connectivity index (χ0v) is 9.64. The second-order valence-electron chi connectivity index (χ2n) is 3.87. The number of hydrogen-bond donors (Lipinski definition) is 1. The van der Waals surface area contributed by atoms with Crippen molar-refractivity contribution in [1.82, 2.24) is 0 Å². The fraction of sp³-hybridized carbons (Fsp3) is 0.692. The molecule has 0 radical (unpaired) electrons. The highest BCUT2D eigenvalue weighted by Gasteiger charge is 2.19. The topological polar surface area (TPSA) is 20.2 Å². The van der Waals surface area contributed by atoms with Gasteiger partial charge in [-0.1, -0.05) is 37.8 Å². The first-order chi connectivity index (χ1) is 6.58. The quantitative estimate of drug-likeness (QED) is 0.508. The maximum atomic E-state index is 9.81. The molecule has 0 aliphatic heterocycles. The van der Waals surface area contributed by atoms with E-state index < -0.39 is 5.60 Å². The van der Waals surface area contributed by atoms with Gasteiger partial charge >= 0.3 is 0 Å². The third-order valence-corrected chi connectivity index (χ3v) is 2.55. The van der Waals surface area contributed by atoms with E-state index in [9.17, 15) is 5.11 Å². The molecule has 14 heavy (non-hydrogen) atoms. The first kappa shape index (κ1) is 13.3. The summed E-state index contributed by atoms with van der Waals surface area (Å²) in [5.41, 5.74) is 0.492. The van der Waals surface area contributed by atoms with Gasteiger partial charge in [0, 0.05) is 0 Å². The van der Waals surface area contributed by atoms with Crippen LogP contribution in [-0.4, -0.2) is 10.7 Å². The van der Waals surface area contributed by atoms with Crippen LogP contribution < -0.4 is 0 Å². The van der Waals surface area contributed by atoms with Crippen LogP contribution in [0.15, 0.2) is 11.6 Å². The molecule has 0 fully saturated rings. The average Bonchev–Trinajstić information content (AvgIpc) is 2.18. The molecular weight excluding hydrogens is 172 g/mol. The lowest BCUT2D eigenvalue weighted by molar-refractivity contribution is 0.0889. The van der Waals surface area contributed by atoms with Crippen LogP contribution in [0.25, 0.3) is 0 Å². The van der Waals surface area contributed by atoms with Crippen molar-refractivity contribution in [2.45, 2.75) is 58.5 Å².